The molecular formula is C37H45N7O3. The predicted molar refractivity (Wildman–Crippen MR) is 185 cm³/mol. The van der Waals surface area contributed by atoms with Crippen molar-refractivity contribution >= 4 is 34.3 Å². The van der Waals surface area contributed by atoms with Gasteiger partial charge < -0.3 is 27.0 Å². The van der Waals surface area contributed by atoms with Gasteiger partial charge in [0.15, 0.2) is 0 Å². The zero-order valence-corrected chi connectivity index (χ0v) is 27.0. The van der Waals surface area contributed by atoms with Crippen LogP contribution in [0.15, 0.2) is 66.9 Å². The molecule has 0 spiro atoms. The van der Waals surface area contributed by atoms with Crippen LogP contribution in [0.1, 0.15) is 60.0 Å². The standard InChI is InChI=1S/C37H45N7O3/c1-23-18-28(36(46)41-30-14-16-39-17-15-30)11-13-32(23)26-6-2-24(3-7-26)19-34(43-35(45)27-8-4-25(21-38)5-9-27)37(47)42-31-12-10-29-22-40-44-33(29)20-31/h2-3,6-7,10-13,18,20,22,25,27,30,34,39H,4-5,8-9,14-17,19,21,38H2,1H3,(H,40,44)(H,41,46)(H,42,47)(H,43,45)/t25?,27?,34-/m0/s1. The lowest BCUT2D eigenvalue weighted by Crippen LogP contribution is -2.48. The lowest BCUT2D eigenvalue weighted by Gasteiger charge is -2.28. The molecule has 1 aliphatic carbocycles. The van der Waals surface area contributed by atoms with Gasteiger partial charge in [-0.05, 0) is 124 Å². The number of amides is 3. The third-order valence-electron chi connectivity index (χ3n) is 9.76. The average molecular weight is 636 g/mol. The van der Waals surface area contributed by atoms with Gasteiger partial charge in [-0.1, -0.05) is 30.3 Å². The van der Waals surface area contributed by atoms with Crippen molar-refractivity contribution in [1.82, 2.24) is 26.1 Å². The number of benzene rings is 3. The Morgan fingerprint density at radius 2 is 1.70 bits per heavy atom. The lowest BCUT2D eigenvalue weighted by atomic mass is 9.81. The molecule has 0 radical (unpaired) electrons. The number of nitrogens with one attached hydrogen (secondary N) is 5. The summed E-state index contributed by atoms with van der Waals surface area (Å²) in [5.41, 5.74) is 12.0. The number of nitrogens with two attached hydrogens (primary N) is 1. The molecule has 3 amide bonds. The number of piperidine rings is 1. The number of rotatable bonds is 10. The molecule has 1 saturated carbocycles. The highest BCUT2D eigenvalue weighted by Crippen LogP contribution is 2.29. The van der Waals surface area contributed by atoms with Crippen molar-refractivity contribution in [1.29, 1.82) is 0 Å². The number of hydrogen-bond acceptors (Lipinski definition) is 6. The van der Waals surface area contributed by atoms with Gasteiger partial charge in [-0.3, -0.25) is 19.5 Å². The SMILES string of the molecule is Cc1cc(C(=O)NC2CCNCC2)ccc1-c1ccc(C[C@H](NC(=O)C2CCC(CN)CC2)C(=O)Nc2ccc3cn[nH]c3c2)cc1. The van der Waals surface area contributed by atoms with Crippen LogP contribution in [-0.4, -0.2) is 59.6 Å². The first-order chi connectivity index (χ1) is 22.9. The number of hydrogen-bond donors (Lipinski definition) is 6. The molecular weight excluding hydrogens is 590 g/mol. The molecule has 0 bridgehead atoms. The summed E-state index contributed by atoms with van der Waals surface area (Å²) in [6.07, 6.45) is 7.39. The van der Waals surface area contributed by atoms with Gasteiger partial charge in [0.25, 0.3) is 5.91 Å². The van der Waals surface area contributed by atoms with Crippen LogP contribution in [-0.2, 0) is 16.0 Å². The van der Waals surface area contributed by atoms with Crippen molar-refractivity contribution in [2.24, 2.45) is 17.6 Å². The molecule has 1 aromatic heterocycles. The summed E-state index contributed by atoms with van der Waals surface area (Å²) in [7, 11) is 0. The van der Waals surface area contributed by atoms with Crippen molar-refractivity contribution in [3.05, 3.63) is 83.6 Å². The Balaban J connectivity index is 1.14. The van der Waals surface area contributed by atoms with Gasteiger partial charge in [-0.15, -0.1) is 0 Å². The van der Waals surface area contributed by atoms with Gasteiger partial charge >= 0.3 is 0 Å². The van der Waals surface area contributed by atoms with E-state index in [1.54, 1.807) is 6.20 Å². The molecule has 2 aliphatic rings. The normalized spacial score (nSPS) is 19.2. The second-order valence-electron chi connectivity index (χ2n) is 13.1. The fraction of sp³-hybridized carbons (Fsp3) is 0.405. The second kappa shape index (κ2) is 14.9. The Bertz CT molecular complexity index is 1700. The Morgan fingerprint density at radius 3 is 2.43 bits per heavy atom. The number of fused-ring (bicyclic) bond motifs is 1. The highest BCUT2D eigenvalue weighted by Gasteiger charge is 2.29. The maximum Gasteiger partial charge on any atom is 0.251 e. The van der Waals surface area contributed by atoms with E-state index in [2.05, 4.69) is 31.5 Å². The van der Waals surface area contributed by atoms with Crippen LogP contribution in [0.2, 0.25) is 0 Å². The third kappa shape index (κ3) is 8.07. The third-order valence-corrected chi connectivity index (χ3v) is 9.76. The largest absolute Gasteiger partial charge is 0.349 e. The monoisotopic (exact) mass is 635 g/mol. The van der Waals surface area contributed by atoms with Crippen LogP contribution in [0.5, 0.6) is 0 Å². The molecule has 0 unspecified atom stereocenters. The minimum atomic E-state index is -0.752. The van der Waals surface area contributed by atoms with Crippen molar-refractivity contribution < 1.29 is 14.4 Å². The number of aryl methyl sites for hydroxylation is 1. The van der Waals surface area contributed by atoms with E-state index >= 15 is 0 Å². The Labute approximate surface area is 275 Å². The molecule has 6 rings (SSSR count). The van der Waals surface area contributed by atoms with E-state index in [4.69, 9.17) is 5.73 Å². The molecule has 1 atom stereocenters. The number of carbonyl (C=O) groups is 3. The molecule has 4 aromatic rings. The lowest BCUT2D eigenvalue weighted by molar-refractivity contribution is -0.130. The molecule has 47 heavy (non-hydrogen) atoms. The second-order valence-corrected chi connectivity index (χ2v) is 13.1. The minimum Gasteiger partial charge on any atom is -0.349 e. The highest BCUT2D eigenvalue weighted by molar-refractivity contribution is 5.99. The Kier molecular flexibility index (Phi) is 10.3. The number of aromatic amines is 1. The summed E-state index contributed by atoms with van der Waals surface area (Å²) in [5.74, 6) is -0.0487. The first-order valence-electron chi connectivity index (χ1n) is 16.8. The first-order valence-corrected chi connectivity index (χ1v) is 16.8. The van der Waals surface area contributed by atoms with Gasteiger partial charge in [0, 0.05) is 35.0 Å². The maximum atomic E-state index is 13.6. The van der Waals surface area contributed by atoms with Crippen LogP contribution in [0, 0.1) is 18.8 Å². The fourth-order valence-corrected chi connectivity index (χ4v) is 6.82. The highest BCUT2D eigenvalue weighted by atomic mass is 16.2. The number of H-pyrrole nitrogens is 1. The molecule has 2 heterocycles. The van der Waals surface area contributed by atoms with Crippen molar-refractivity contribution in [3.63, 3.8) is 0 Å². The van der Waals surface area contributed by atoms with Crippen LogP contribution in [0.25, 0.3) is 22.0 Å². The molecule has 7 N–H and O–H groups in total. The van der Waals surface area contributed by atoms with E-state index in [1.807, 2.05) is 67.6 Å². The molecule has 3 aromatic carbocycles. The summed E-state index contributed by atoms with van der Waals surface area (Å²) in [5, 5.41) is 20.5. The zero-order valence-electron chi connectivity index (χ0n) is 27.0. The topological polar surface area (TPSA) is 154 Å². The molecule has 1 saturated heterocycles. The predicted octanol–water partition coefficient (Wildman–Crippen LogP) is 4.45. The fourth-order valence-electron chi connectivity index (χ4n) is 6.82. The summed E-state index contributed by atoms with van der Waals surface area (Å²) in [6.45, 7) is 4.51. The summed E-state index contributed by atoms with van der Waals surface area (Å²) in [4.78, 5) is 39.9. The summed E-state index contributed by atoms with van der Waals surface area (Å²) >= 11 is 0. The zero-order chi connectivity index (χ0) is 32.8. The number of carbonyl (C=O) groups excluding carboxylic acids is 3. The number of aromatic nitrogens is 2. The van der Waals surface area contributed by atoms with Gasteiger partial charge in [0.05, 0.1) is 11.7 Å². The van der Waals surface area contributed by atoms with E-state index in [0.717, 1.165) is 84.8 Å². The van der Waals surface area contributed by atoms with Gasteiger partial charge in [-0.25, -0.2) is 0 Å². The molecule has 10 heteroatoms. The van der Waals surface area contributed by atoms with Crippen LogP contribution < -0.4 is 27.0 Å². The van der Waals surface area contributed by atoms with Crippen LogP contribution >= 0.6 is 0 Å². The van der Waals surface area contributed by atoms with E-state index in [-0.39, 0.29) is 29.7 Å². The van der Waals surface area contributed by atoms with Crippen molar-refractivity contribution in [3.8, 4) is 11.1 Å². The Morgan fingerprint density at radius 1 is 0.936 bits per heavy atom. The quantitative estimate of drug-likeness (QED) is 0.151. The first kappa shape index (κ1) is 32.4. The van der Waals surface area contributed by atoms with E-state index < -0.39 is 6.04 Å². The minimum absolute atomic E-state index is 0.0369. The Hall–Kier alpha value is -4.54. The molecule has 1 aliphatic heterocycles. The number of nitrogens with zero attached hydrogens (tertiary/aromatic N) is 1. The van der Waals surface area contributed by atoms with E-state index in [1.165, 1.54) is 0 Å². The molecule has 10 nitrogen and oxygen atoms in total. The van der Waals surface area contributed by atoms with Gasteiger partial charge in [0.1, 0.15) is 6.04 Å². The number of anilines is 1. The smallest absolute Gasteiger partial charge is 0.251 e. The van der Waals surface area contributed by atoms with Crippen molar-refractivity contribution in [2.75, 3.05) is 25.0 Å². The summed E-state index contributed by atoms with van der Waals surface area (Å²) < 4.78 is 0. The maximum absolute atomic E-state index is 13.6. The van der Waals surface area contributed by atoms with Crippen LogP contribution in [0.3, 0.4) is 0 Å². The van der Waals surface area contributed by atoms with Crippen molar-refractivity contribution in [2.45, 2.75) is 64.0 Å². The summed E-state index contributed by atoms with van der Waals surface area (Å²) in [6, 6.07) is 18.9. The van der Waals surface area contributed by atoms with Gasteiger partial charge in [0.2, 0.25) is 11.8 Å². The molecule has 246 valence electrons. The van der Waals surface area contributed by atoms with E-state index in [0.29, 0.717) is 30.1 Å². The van der Waals surface area contributed by atoms with Crippen LogP contribution in [0.4, 0.5) is 5.69 Å². The van der Waals surface area contributed by atoms with Gasteiger partial charge in [-0.2, -0.15) is 5.10 Å². The molecule has 2 fully saturated rings. The van der Waals surface area contributed by atoms with E-state index in [9.17, 15) is 14.4 Å². The average Bonchev–Trinajstić information content (AvgIpc) is 3.57.